The van der Waals surface area contributed by atoms with Crippen LogP contribution in [0.15, 0.2) is 24.3 Å². The Bertz CT molecular complexity index is 697. The van der Waals surface area contributed by atoms with Gasteiger partial charge in [0.2, 0.25) is 0 Å². The van der Waals surface area contributed by atoms with Gasteiger partial charge in [-0.15, -0.1) is 0 Å². The summed E-state index contributed by atoms with van der Waals surface area (Å²) in [6, 6.07) is 1.79. The molecule has 1 aromatic rings. The van der Waals surface area contributed by atoms with Gasteiger partial charge in [0.15, 0.2) is 0 Å². The Kier molecular flexibility index (Phi) is 8.58. The molecule has 31 heavy (non-hydrogen) atoms. The van der Waals surface area contributed by atoms with Gasteiger partial charge < -0.3 is 0 Å². The first kappa shape index (κ1) is 24.3. The molecule has 0 aliphatic heterocycles. The number of allylic oxidation sites excluding steroid dienone is 2. The van der Waals surface area contributed by atoms with Gasteiger partial charge in [-0.2, -0.15) is 13.2 Å². The van der Waals surface area contributed by atoms with Gasteiger partial charge >= 0.3 is 6.18 Å². The Hall–Kier alpha value is -1.39. The van der Waals surface area contributed by atoms with Crippen molar-refractivity contribution in [1.29, 1.82) is 0 Å². The highest BCUT2D eigenvalue weighted by Crippen LogP contribution is 2.42. The SMILES string of the molecule is CC=CCCC1CCC(CCC2CCC(c3cc(F)c(C(F)(F)F)c(F)c3)CC2)CC1. The third-order valence-corrected chi connectivity index (χ3v) is 7.59. The van der Waals surface area contributed by atoms with E-state index < -0.39 is 23.4 Å². The molecular formula is C26H35F5. The Labute approximate surface area is 183 Å². The first-order valence-electron chi connectivity index (χ1n) is 11.9. The van der Waals surface area contributed by atoms with Crippen molar-refractivity contribution in [2.24, 2.45) is 17.8 Å². The molecule has 2 saturated carbocycles. The van der Waals surface area contributed by atoms with Crippen LogP contribution in [-0.2, 0) is 6.18 Å². The highest BCUT2D eigenvalue weighted by Gasteiger charge is 2.38. The maximum Gasteiger partial charge on any atom is 0.422 e. The fourth-order valence-corrected chi connectivity index (χ4v) is 5.66. The largest absolute Gasteiger partial charge is 0.422 e. The van der Waals surface area contributed by atoms with Crippen LogP contribution in [0.4, 0.5) is 22.0 Å². The predicted molar refractivity (Wildman–Crippen MR) is 115 cm³/mol. The number of hydrogen-bond acceptors (Lipinski definition) is 0. The lowest BCUT2D eigenvalue weighted by Crippen LogP contribution is -2.18. The van der Waals surface area contributed by atoms with Crippen LogP contribution in [0.2, 0.25) is 0 Å². The second-order valence-corrected chi connectivity index (χ2v) is 9.69. The van der Waals surface area contributed by atoms with Crippen molar-refractivity contribution in [3.05, 3.63) is 47.0 Å². The molecule has 0 aromatic heterocycles. The molecule has 1 aromatic carbocycles. The number of rotatable bonds is 7. The van der Waals surface area contributed by atoms with Crippen LogP contribution in [0.1, 0.15) is 101 Å². The number of hydrogen-bond donors (Lipinski definition) is 0. The molecule has 0 heterocycles. The number of benzene rings is 1. The van der Waals surface area contributed by atoms with Crippen molar-refractivity contribution in [3.63, 3.8) is 0 Å². The second-order valence-electron chi connectivity index (χ2n) is 9.69. The Morgan fingerprint density at radius 1 is 0.774 bits per heavy atom. The molecule has 174 valence electrons. The topological polar surface area (TPSA) is 0 Å². The summed E-state index contributed by atoms with van der Waals surface area (Å²) >= 11 is 0. The van der Waals surface area contributed by atoms with Crippen LogP contribution in [-0.4, -0.2) is 0 Å². The molecule has 0 spiro atoms. The molecule has 3 rings (SSSR count). The van der Waals surface area contributed by atoms with Crippen molar-refractivity contribution in [3.8, 4) is 0 Å². The van der Waals surface area contributed by atoms with Crippen LogP contribution in [0.3, 0.4) is 0 Å². The summed E-state index contributed by atoms with van der Waals surface area (Å²) in [5, 5.41) is 0. The molecular weight excluding hydrogens is 407 g/mol. The summed E-state index contributed by atoms with van der Waals surface area (Å²) in [6.45, 7) is 2.07. The molecule has 0 N–H and O–H groups in total. The van der Waals surface area contributed by atoms with Gasteiger partial charge in [0, 0.05) is 0 Å². The normalized spacial score (nSPS) is 27.7. The molecule has 0 atom stereocenters. The van der Waals surface area contributed by atoms with E-state index in [-0.39, 0.29) is 5.92 Å². The lowest BCUT2D eigenvalue weighted by Gasteiger charge is -2.32. The minimum absolute atomic E-state index is 0.0462. The third-order valence-electron chi connectivity index (χ3n) is 7.59. The minimum atomic E-state index is -5.00. The van der Waals surface area contributed by atoms with Gasteiger partial charge in [-0.3, -0.25) is 0 Å². The average molecular weight is 443 g/mol. The summed E-state index contributed by atoms with van der Waals surface area (Å²) in [7, 11) is 0. The molecule has 0 bridgehead atoms. The summed E-state index contributed by atoms with van der Waals surface area (Å²) < 4.78 is 66.2. The monoisotopic (exact) mass is 442 g/mol. The first-order valence-corrected chi connectivity index (χ1v) is 11.9. The smallest absolute Gasteiger partial charge is 0.206 e. The summed E-state index contributed by atoms with van der Waals surface area (Å²) in [6.07, 6.45) is 13.3. The molecule has 2 fully saturated rings. The van der Waals surface area contributed by atoms with Crippen molar-refractivity contribution in [2.75, 3.05) is 0 Å². The quantitative estimate of drug-likeness (QED) is 0.292. The zero-order valence-electron chi connectivity index (χ0n) is 18.5. The fourth-order valence-electron chi connectivity index (χ4n) is 5.66. The average Bonchev–Trinajstić information content (AvgIpc) is 2.72. The Morgan fingerprint density at radius 3 is 1.68 bits per heavy atom. The van der Waals surface area contributed by atoms with Crippen LogP contribution < -0.4 is 0 Å². The summed E-state index contributed by atoms with van der Waals surface area (Å²) in [5.74, 6) is -0.693. The molecule has 2 aliphatic carbocycles. The fraction of sp³-hybridized carbons (Fsp3) is 0.692. The van der Waals surface area contributed by atoms with Crippen LogP contribution in [0.5, 0.6) is 0 Å². The van der Waals surface area contributed by atoms with Gasteiger partial charge in [0.05, 0.1) is 0 Å². The first-order chi connectivity index (χ1) is 14.8. The van der Waals surface area contributed by atoms with E-state index in [0.29, 0.717) is 11.5 Å². The zero-order valence-corrected chi connectivity index (χ0v) is 18.5. The van der Waals surface area contributed by atoms with Gasteiger partial charge in [0.1, 0.15) is 17.2 Å². The van der Waals surface area contributed by atoms with E-state index in [9.17, 15) is 22.0 Å². The van der Waals surface area contributed by atoms with Gasteiger partial charge in [-0.1, -0.05) is 50.7 Å². The molecule has 0 amide bonds. The maximum atomic E-state index is 13.9. The van der Waals surface area contributed by atoms with E-state index >= 15 is 0 Å². The zero-order chi connectivity index (χ0) is 22.4. The number of halogens is 5. The lowest BCUT2D eigenvalue weighted by molar-refractivity contribution is -0.142. The predicted octanol–water partition coefficient (Wildman–Crippen LogP) is 9.20. The Morgan fingerprint density at radius 2 is 1.23 bits per heavy atom. The van der Waals surface area contributed by atoms with Crippen LogP contribution >= 0.6 is 0 Å². The molecule has 0 radical (unpaired) electrons. The van der Waals surface area contributed by atoms with Gasteiger partial charge in [0.25, 0.3) is 0 Å². The molecule has 0 nitrogen and oxygen atoms in total. The van der Waals surface area contributed by atoms with E-state index in [1.165, 1.54) is 51.4 Å². The summed E-state index contributed by atoms with van der Waals surface area (Å²) in [5.41, 5.74) is -1.40. The van der Waals surface area contributed by atoms with E-state index in [1.807, 2.05) is 0 Å². The van der Waals surface area contributed by atoms with Crippen LogP contribution in [0, 0.1) is 29.4 Å². The molecule has 0 unspecified atom stereocenters. The van der Waals surface area contributed by atoms with Crippen molar-refractivity contribution in [2.45, 2.75) is 96.1 Å². The van der Waals surface area contributed by atoms with Crippen LogP contribution in [0.25, 0.3) is 0 Å². The van der Waals surface area contributed by atoms with E-state index in [1.54, 1.807) is 0 Å². The standard InChI is InChI=1S/C26H35F5/c1-2-3-4-5-18-6-8-19(9-7-18)10-11-20-12-14-21(15-13-20)22-16-23(27)25(24(28)17-22)26(29,30)31/h2-3,16-21H,4-15H2,1H3. The molecule has 5 heteroatoms. The molecule has 0 saturated heterocycles. The van der Waals surface area contributed by atoms with E-state index in [0.717, 1.165) is 49.7 Å². The molecule has 2 aliphatic rings. The number of alkyl halides is 3. The van der Waals surface area contributed by atoms with Gasteiger partial charge in [-0.25, -0.2) is 8.78 Å². The van der Waals surface area contributed by atoms with Crippen molar-refractivity contribution < 1.29 is 22.0 Å². The van der Waals surface area contributed by atoms with E-state index in [2.05, 4.69) is 19.1 Å². The van der Waals surface area contributed by atoms with Gasteiger partial charge in [-0.05, 0) is 86.8 Å². The van der Waals surface area contributed by atoms with Crippen molar-refractivity contribution >= 4 is 0 Å². The minimum Gasteiger partial charge on any atom is -0.206 e. The highest BCUT2D eigenvalue weighted by atomic mass is 19.4. The highest BCUT2D eigenvalue weighted by molar-refractivity contribution is 5.30. The third kappa shape index (κ3) is 6.79. The second kappa shape index (κ2) is 11.0. The summed E-state index contributed by atoms with van der Waals surface area (Å²) in [4.78, 5) is 0. The van der Waals surface area contributed by atoms with Crippen molar-refractivity contribution in [1.82, 2.24) is 0 Å². The van der Waals surface area contributed by atoms with E-state index in [4.69, 9.17) is 0 Å². The Balaban J connectivity index is 1.42. The lowest BCUT2D eigenvalue weighted by atomic mass is 9.74. The maximum absolute atomic E-state index is 13.9.